The van der Waals surface area contributed by atoms with Crippen molar-refractivity contribution >= 4 is 17.4 Å². The van der Waals surface area contributed by atoms with Crippen molar-refractivity contribution in [2.45, 2.75) is 6.42 Å². The molecule has 2 aromatic rings. The first-order valence-electron chi connectivity index (χ1n) is 5.85. The third-order valence-electron chi connectivity index (χ3n) is 2.71. The Morgan fingerprint density at radius 2 is 2.00 bits per heavy atom. The van der Waals surface area contributed by atoms with Crippen molar-refractivity contribution in [2.75, 3.05) is 14.2 Å². The van der Waals surface area contributed by atoms with Crippen molar-refractivity contribution in [3.63, 3.8) is 0 Å². The Morgan fingerprint density at radius 3 is 2.70 bits per heavy atom. The number of Topliss-reactive ketones (excluding diaryl/α,β-unsaturated/α-hetero) is 1. The minimum absolute atomic E-state index is 0.112. The average molecular weight is 293 g/mol. The molecule has 1 heterocycles. The fourth-order valence-corrected chi connectivity index (χ4v) is 1.90. The fraction of sp³-hybridized carbons (Fsp3) is 0.214. The maximum Gasteiger partial charge on any atom is 0.216 e. The number of nitrogens with zero attached hydrogens (tertiary/aromatic N) is 2. The van der Waals surface area contributed by atoms with E-state index < -0.39 is 0 Å². The molecule has 0 amide bonds. The summed E-state index contributed by atoms with van der Waals surface area (Å²) in [6, 6.07) is 6.52. The molecule has 0 aliphatic rings. The van der Waals surface area contributed by atoms with E-state index in [0.29, 0.717) is 27.9 Å². The Hall–Kier alpha value is -2.14. The smallest absolute Gasteiger partial charge is 0.216 e. The molecule has 0 spiro atoms. The van der Waals surface area contributed by atoms with Gasteiger partial charge in [-0.05, 0) is 18.2 Å². The summed E-state index contributed by atoms with van der Waals surface area (Å²) in [7, 11) is 3.01. The summed E-state index contributed by atoms with van der Waals surface area (Å²) >= 11 is 5.87. The van der Waals surface area contributed by atoms with Crippen LogP contribution in [0, 0.1) is 0 Å². The first-order chi connectivity index (χ1) is 9.63. The molecule has 0 unspecified atom stereocenters. The Morgan fingerprint density at radius 1 is 1.20 bits per heavy atom. The summed E-state index contributed by atoms with van der Waals surface area (Å²) in [5.74, 6) is 0.758. The Kier molecular flexibility index (Phi) is 4.53. The number of hydrogen-bond acceptors (Lipinski definition) is 5. The third-order valence-corrected chi connectivity index (χ3v) is 2.95. The fourth-order valence-electron chi connectivity index (χ4n) is 1.74. The van der Waals surface area contributed by atoms with Gasteiger partial charge in [0.2, 0.25) is 5.88 Å². The van der Waals surface area contributed by atoms with E-state index in [1.165, 1.54) is 20.5 Å². The van der Waals surface area contributed by atoms with Crippen LogP contribution in [0.3, 0.4) is 0 Å². The number of carbonyl (C=O) groups is 1. The highest BCUT2D eigenvalue weighted by Gasteiger charge is 2.14. The lowest BCUT2D eigenvalue weighted by Gasteiger charge is -2.08. The highest BCUT2D eigenvalue weighted by molar-refractivity contribution is 6.30. The zero-order valence-electron chi connectivity index (χ0n) is 11.1. The molecule has 0 aliphatic carbocycles. The molecule has 1 aromatic carbocycles. The monoisotopic (exact) mass is 292 g/mol. The summed E-state index contributed by atoms with van der Waals surface area (Å²) in [5.41, 5.74) is 1.05. The number of ketones is 1. The molecule has 0 fully saturated rings. The predicted octanol–water partition coefficient (Wildman–Crippen LogP) is 2.57. The van der Waals surface area contributed by atoms with Crippen LogP contribution >= 0.6 is 11.6 Å². The number of aromatic nitrogens is 2. The lowest BCUT2D eigenvalue weighted by Crippen LogP contribution is -2.07. The molecule has 0 saturated carbocycles. The van der Waals surface area contributed by atoms with Crippen LogP contribution < -0.4 is 9.47 Å². The van der Waals surface area contributed by atoms with Crippen molar-refractivity contribution in [1.29, 1.82) is 0 Å². The van der Waals surface area contributed by atoms with Crippen LogP contribution in [0.25, 0.3) is 0 Å². The number of hydrogen-bond donors (Lipinski definition) is 0. The van der Waals surface area contributed by atoms with E-state index >= 15 is 0 Å². The Labute approximate surface area is 121 Å². The molecule has 5 nitrogen and oxygen atoms in total. The van der Waals surface area contributed by atoms with Crippen molar-refractivity contribution in [2.24, 2.45) is 0 Å². The number of carbonyl (C=O) groups excluding carboxylic acids is 1. The topological polar surface area (TPSA) is 61.3 Å². The number of benzene rings is 1. The van der Waals surface area contributed by atoms with E-state index in [-0.39, 0.29) is 12.2 Å². The second kappa shape index (κ2) is 6.34. The zero-order chi connectivity index (χ0) is 14.5. The van der Waals surface area contributed by atoms with Gasteiger partial charge in [0.15, 0.2) is 5.78 Å². The maximum absolute atomic E-state index is 12.3. The van der Waals surface area contributed by atoms with Crippen molar-refractivity contribution in [3.8, 4) is 11.6 Å². The summed E-state index contributed by atoms with van der Waals surface area (Å²) in [6.07, 6.45) is 1.50. The van der Waals surface area contributed by atoms with E-state index in [0.717, 1.165) is 0 Å². The number of halogens is 1. The van der Waals surface area contributed by atoms with Crippen LogP contribution in [0.4, 0.5) is 0 Å². The van der Waals surface area contributed by atoms with Gasteiger partial charge in [0, 0.05) is 11.1 Å². The minimum Gasteiger partial charge on any atom is -0.496 e. The van der Waals surface area contributed by atoms with E-state index in [1.54, 1.807) is 24.3 Å². The summed E-state index contributed by atoms with van der Waals surface area (Å²) in [4.78, 5) is 20.2. The molecule has 0 bridgehead atoms. The minimum atomic E-state index is -0.112. The predicted molar refractivity (Wildman–Crippen MR) is 74.6 cm³/mol. The molecule has 0 aliphatic heterocycles. The largest absolute Gasteiger partial charge is 0.496 e. The van der Waals surface area contributed by atoms with Crippen LogP contribution in [-0.4, -0.2) is 30.0 Å². The number of ether oxygens (including phenoxy) is 2. The van der Waals surface area contributed by atoms with Crippen LogP contribution in [0.5, 0.6) is 11.6 Å². The summed E-state index contributed by atoms with van der Waals surface area (Å²) in [5, 5.41) is 0.516. The standard InChI is InChI=1S/C14H13ClN2O3/c1-19-13-5-9(15)3-4-11(13)12(18)6-10-7-14(20-2)17-8-16-10/h3-5,7-8H,6H2,1-2H3. The quantitative estimate of drug-likeness (QED) is 0.793. The van der Waals surface area contributed by atoms with Gasteiger partial charge in [-0.15, -0.1) is 0 Å². The van der Waals surface area contributed by atoms with Gasteiger partial charge in [0.05, 0.1) is 31.9 Å². The number of rotatable bonds is 5. The van der Waals surface area contributed by atoms with Crippen LogP contribution in [0.1, 0.15) is 16.1 Å². The number of methoxy groups -OCH3 is 2. The Balaban J connectivity index is 2.23. The molecule has 20 heavy (non-hydrogen) atoms. The van der Waals surface area contributed by atoms with Gasteiger partial charge in [-0.25, -0.2) is 9.97 Å². The molecular weight excluding hydrogens is 280 g/mol. The molecule has 1 aromatic heterocycles. The van der Waals surface area contributed by atoms with Crippen LogP contribution in [0.2, 0.25) is 5.02 Å². The zero-order valence-corrected chi connectivity index (χ0v) is 11.8. The van der Waals surface area contributed by atoms with Crippen molar-refractivity contribution in [3.05, 3.63) is 46.9 Å². The van der Waals surface area contributed by atoms with Gasteiger partial charge in [-0.2, -0.15) is 0 Å². The molecule has 6 heteroatoms. The van der Waals surface area contributed by atoms with Gasteiger partial charge >= 0.3 is 0 Å². The molecule has 0 radical (unpaired) electrons. The van der Waals surface area contributed by atoms with Gasteiger partial charge in [-0.3, -0.25) is 4.79 Å². The van der Waals surface area contributed by atoms with Crippen molar-refractivity contribution in [1.82, 2.24) is 9.97 Å². The normalized spacial score (nSPS) is 10.2. The average Bonchev–Trinajstić information content (AvgIpc) is 2.47. The van der Waals surface area contributed by atoms with Gasteiger partial charge in [0.1, 0.15) is 12.1 Å². The van der Waals surface area contributed by atoms with E-state index in [2.05, 4.69) is 9.97 Å². The lowest BCUT2D eigenvalue weighted by atomic mass is 10.1. The van der Waals surface area contributed by atoms with Gasteiger partial charge < -0.3 is 9.47 Å². The second-order valence-electron chi connectivity index (χ2n) is 4.00. The molecule has 0 atom stereocenters. The lowest BCUT2D eigenvalue weighted by molar-refractivity contribution is 0.0989. The first-order valence-corrected chi connectivity index (χ1v) is 6.23. The molecular formula is C14H13ClN2O3. The first kappa shape index (κ1) is 14.3. The van der Waals surface area contributed by atoms with Crippen molar-refractivity contribution < 1.29 is 14.3 Å². The highest BCUT2D eigenvalue weighted by atomic mass is 35.5. The van der Waals surface area contributed by atoms with E-state index in [9.17, 15) is 4.79 Å². The molecule has 104 valence electrons. The van der Waals surface area contributed by atoms with Crippen LogP contribution in [-0.2, 0) is 6.42 Å². The molecule has 0 saturated heterocycles. The molecule has 2 rings (SSSR count). The SMILES string of the molecule is COc1cc(CC(=O)c2ccc(Cl)cc2OC)ncn1. The van der Waals surface area contributed by atoms with Gasteiger partial charge in [0.25, 0.3) is 0 Å². The van der Waals surface area contributed by atoms with E-state index in [4.69, 9.17) is 21.1 Å². The van der Waals surface area contributed by atoms with Gasteiger partial charge in [-0.1, -0.05) is 11.6 Å². The maximum atomic E-state index is 12.3. The summed E-state index contributed by atoms with van der Waals surface area (Å²) in [6.45, 7) is 0. The molecule has 0 N–H and O–H groups in total. The highest BCUT2D eigenvalue weighted by Crippen LogP contribution is 2.24. The van der Waals surface area contributed by atoms with E-state index in [1.807, 2.05) is 0 Å². The second-order valence-corrected chi connectivity index (χ2v) is 4.43. The third kappa shape index (κ3) is 3.24. The summed E-state index contributed by atoms with van der Waals surface area (Å²) < 4.78 is 10.2. The van der Waals surface area contributed by atoms with Crippen LogP contribution in [0.15, 0.2) is 30.6 Å². The Bertz CT molecular complexity index is 632.